The van der Waals surface area contributed by atoms with Crippen molar-refractivity contribution in [3.05, 3.63) is 64.5 Å². The average molecular weight is 344 g/mol. The molecule has 3 rings (SSSR count). The highest BCUT2D eigenvalue weighted by Crippen LogP contribution is 2.37. The third kappa shape index (κ3) is 3.44. The summed E-state index contributed by atoms with van der Waals surface area (Å²) in [4.78, 5) is 16.3. The maximum atomic E-state index is 11.7. The Kier molecular flexibility index (Phi) is 4.74. The van der Waals surface area contributed by atoms with Crippen molar-refractivity contribution in [2.75, 3.05) is 6.61 Å². The Morgan fingerprint density at radius 3 is 2.43 bits per heavy atom. The first-order valence-electron chi connectivity index (χ1n) is 7.18. The Morgan fingerprint density at radius 2 is 1.78 bits per heavy atom. The van der Waals surface area contributed by atoms with Gasteiger partial charge in [0.2, 0.25) is 0 Å². The molecule has 2 aromatic carbocycles. The molecule has 0 N–H and O–H groups in total. The summed E-state index contributed by atoms with van der Waals surface area (Å²) < 4.78 is 5.61. The van der Waals surface area contributed by atoms with Crippen molar-refractivity contribution >= 4 is 28.9 Å². The van der Waals surface area contributed by atoms with Gasteiger partial charge in [0.25, 0.3) is 0 Å². The maximum absolute atomic E-state index is 11.7. The van der Waals surface area contributed by atoms with Gasteiger partial charge in [-0.25, -0.2) is 9.78 Å². The van der Waals surface area contributed by atoms with Gasteiger partial charge in [0.15, 0.2) is 0 Å². The van der Waals surface area contributed by atoms with Gasteiger partial charge in [0.05, 0.1) is 12.2 Å². The van der Waals surface area contributed by atoms with E-state index in [9.17, 15) is 4.79 Å². The molecule has 0 atom stereocenters. The van der Waals surface area contributed by atoms with Crippen molar-refractivity contribution in [2.45, 2.75) is 6.92 Å². The smallest absolute Gasteiger partial charge is 0.338 e. The highest BCUT2D eigenvalue weighted by atomic mass is 35.5. The van der Waals surface area contributed by atoms with Gasteiger partial charge in [-0.15, -0.1) is 11.3 Å². The lowest BCUT2D eigenvalue weighted by Gasteiger charge is -2.03. The van der Waals surface area contributed by atoms with Crippen molar-refractivity contribution in [1.82, 2.24) is 4.98 Å². The number of halogens is 1. The molecule has 0 aliphatic carbocycles. The number of carbonyl (C=O) groups is 1. The molecule has 0 spiro atoms. The van der Waals surface area contributed by atoms with E-state index in [0.717, 1.165) is 21.8 Å². The van der Waals surface area contributed by atoms with E-state index < -0.39 is 0 Å². The van der Waals surface area contributed by atoms with Gasteiger partial charge in [-0.3, -0.25) is 0 Å². The van der Waals surface area contributed by atoms with Crippen LogP contribution in [0.25, 0.3) is 21.8 Å². The average Bonchev–Trinajstić information content (AvgIpc) is 2.98. The van der Waals surface area contributed by atoms with Gasteiger partial charge in [-0.1, -0.05) is 54.1 Å². The van der Waals surface area contributed by atoms with Gasteiger partial charge >= 0.3 is 5.97 Å². The molecule has 1 heterocycles. The lowest BCUT2D eigenvalue weighted by Crippen LogP contribution is -2.04. The Hall–Kier alpha value is -2.17. The summed E-state index contributed by atoms with van der Waals surface area (Å²) in [6.45, 7) is 2.14. The Morgan fingerprint density at radius 1 is 1.09 bits per heavy atom. The molecule has 0 saturated carbocycles. The highest BCUT2D eigenvalue weighted by molar-refractivity contribution is 7.19. The third-order valence-electron chi connectivity index (χ3n) is 3.28. The van der Waals surface area contributed by atoms with E-state index in [1.807, 2.05) is 42.5 Å². The van der Waals surface area contributed by atoms with E-state index >= 15 is 0 Å². The lowest BCUT2D eigenvalue weighted by atomic mass is 10.1. The van der Waals surface area contributed by atoms with Crippen molar-refractivity contribution in [1.29, 1.82) is 0 Å². The summed E-state index contributed by atoms with van der Waals surface area (Å²) in [6, 6.07) is 17.0. The van der Waals surface area contributed by atoms with Crippen LogP contribution in [0.4, 0.5) is 0 Å². The SMILES string of the molecule is CCOC(=O)c1ccc(-c2nc(-c3ccccc3)sc2Cl)cc1. The van der Waals surface area contributed by atoms with E-state index in [4.69, 9.17) is 16.3 Å². The molecule has 0 aliphatic heterocycles. The summed E-state index contributed by atoms with van der Waals surface area (Å²) >= 11 is 7.79. The first-order valence-corrected chi connectivity index (χ1v) is 8.37. The predicted octanol–water partition coefficient (Wildman–Crippen LogP) is 5.31. The van der Waals surface area contributed by atoms with Gasteiger partial charge in [-0.05, 0) is 19.1 Å². The molecule has 0 unspecified atom stereocenters. The molecule has 3 aromatic rings. The third-order valence-corrected chi connectivity index (χ3v) is 4.58. The largest absolute Gasteiger partial charge is 0.462 e. The topological polar surface area (TPSA) is 39.2 Å². The zero-order chi connectivity index (χ0) is 16.2. The fourth-order valence-corrected chi connectivity index (χ4v) is 3.35. The second-order valence-electron chi connectivity index (χ2n) is 4.81. The number of hydrogen-bond donors (Lipinski definition) is 0. The van der Waals surface area contributed by atoms with E-state index in [1.54, 1.807) is 19.1 Å². The summed E-state index contributed by atoms with van der Waals surface area (Å²) in [5.74, 6) is -0.326. The van der Waals surface area contributed by atoms with Gasteiger partial charge in [0.1, 0.15) is 15.0 Å². The van der Waals surface area contributed by atoms with Crippen LogP contribution in [0.3, 0.4) is 0 Å². The maximum Gasteiger partial charge on any atom is 0.338 e. The summed E-state index contributed by atoms with van der Waals surface area (Å²) in [7, 11) is 0. The molecule has 5 heteroatoms. The van der Waals surface area contributed by atoms with E-state index in [0.29, 0.717) is 16.5 Å². The molecule has 3 nitrogen and oxygen atoms in total. The number of rotatable bonds is 4. The Balaban J connectivity index is 1.90. The molecule has 0 fully saturated rings. The minimum absolute atomic E-state index is 0.326. The van der Waals surface area contributed by atoms with Crippen LogP contribution in [-0.4, -0.2) is 17.6 Å². The number of thiazole rings is 1. The number of ether oxygens (including phenoxy) is 1. The number of carbonyl (C=O) groups excluding carboxylic acids is 1. The number of nitrogens with zero attached hydrogens (tertiary/aromatic N) is 1. The van der Waals surface area contributed by atoms with Crippen LogP contribution < -0.4 is 0 Å². The second kappa shape index (κ2) is 6.94. The molecule has 0 amide bonds. The van der Waals surface area contributed by atoms with Crippen LogP contribution in [0, 0.1) is 0 Å². The molecule has 0 saturated heterocycles. The zero-order valence-corrected chi connectivity index (χ0v) is 14.0. The van der Waals surface area contributed by atoms with Gasteiger partial charge in [0, 0.05) is 11.1 Å². The number of benzene rings is 2. The number of esters is 1. The lowest BCUT2D eigenvalue weighted by molar-refractivity contribution is 0.0526. The molecule has 0 radical (unpaired) electrons. The first-order chi connectivity index (χ1) is 11.2. The summed E-state index contributed by atoms with van der Waals surface area (Å²) in [6.07, 6.45) is 0. The van der Waals surface area contributed by atoms with Crippen LogP contribution in [0.2, 0.25) is 4.34 Å². The molecule has 1 aromatic heterocycles. The minimum atomic E-state index is -0.326. The van der Waals surface area contributed by atoms with Crippen molar-refractivity contribution in [2.24, 2.45) is 0 Å². The molecular weight excluding hydrogens is 330 g/mol. The van der Waals surface area contributed by atoms with Gasteiger partial charge < -0.3 is 4.74 Å². The van der Waals surface area contributed by atoms with E-state index in [-0.39, 0.29) is 5.97 Å². The normalized spacial score (nSPS) is 10.5. The van der Waals surface area contributed by atoms with Crippen LogP contribution in [0.1, 0.15) is 17.3 Å². The number of hydrogen-bond acceptors (Lipinski definition) is 4. The van der Waals surface area contributed by atoms with Crippen molar-refractivity contribution < 1.29 is 9.53 Å². The molecule has 0 aliphatic rings. The van der Waals surface area contributed by atoms with Gasteiger partial charge in [-0.2, -0.15) is 0 Å². The van der Waals surface area contributed by atoms with Crippen LogP contribution in [0.15, 0.2) is 54.6 Å². The zero-order valence-electron chi connectivity index (χ0n) is 12.5. The van der Waals surface area contributed by atoms with Crippen molar-refractivity contribution in [3.63, 3.8) is 0 Å². The van der Waals surface area contributed by atoms with Crippen molar-refractivity contribution in [3.8, 4) is 21.8 Å². The second-order valence-corrected chi connectivity index (χ2v) is 6.41. The first kappa shape index (κ1) is 15.7. The quantitative estimate of drug-likeness (QED) is 0.603. The monoisotopic (exact) mass is 343 g/mol. The molecule has 0 bridgehead atoms. The van der Waals surface area contributed by atoms with Crippen LogP contribution >= 0.6 is 22.9 Å². The summed E-state index contributed by atoms with van der Waals surface area (Å²) in [5.41, 5.74) is 3.16. The minimum Gasteiger partial charge on any atom is -0.462 e. The molecule has 23 heavy (non-hydrogen) atoms. The van der Waals surface area contributed by atoms with Crippen LogP contribution in [-0.2, 0) is 4.74 Å². The number of aromatic nitrogens is 1. The molecule has 116 valence electrons. The summed E-state index contributed by atoms with van der Waals surface area (Å²) in [5, 5.41) is 0.875. The fraction of sp³-hybridized carbons (Fsp3) is 0.111. The van der Waals surface area contributed by atoms with E-state index in [1.165, 1.54) is 11.3 Å². The fourth-order valence-electron chi connectivity index (χ4n) is 2.16. The standard InChI is InChI=1S/C18H14ClNO2S/c1-2-22-18(21)14-10-8-12(9-11-14)15-16(19)23-17(20-15)13-6-4-3-5-7-13/h3-11H,2H2,1H3. The highest BCUT2D eigenvalue weighted by Gasteiger charge is 2.14. The molecular formula is C18H14ClNO2S. The Labute approximate surface area is 143 Å². The predicted molar refractivity (Wildman–Crippen MR) is 94.0 cm³/mol. The van der Waals surface area contributed by atoms with Crippen LogP contribution in [0.5, 0.6) is 0 Å². The Bertz CT molecular complexity index is 813. The van der Waals surface area contributed by atoms with E-state index in [2.05, 4.69) is 4.98 Å².